The summed E-state index contributed by atoms with van der Waals surface area (Å²) in [5.74, 6) is 0.167. The second-order valence-corrected chi connectivity index (χ2v) is 13.2. The number of likely N-dealkylation sites (tertiary alicyclic amines) is 1. The topological polar surface area (TPSA) is 114 Å². The van der Waals surface area contributed by atoms with Gasteiger partial charge >= 0.3 is 0 Å². The molecule has 43 heavy (non-hydrogen) atoms. The normalized spacial score (nSPS) is 22.2. The number of ketones is 2. The average Bonchev–Trinajstić information content (AvgIpc) is 2.99. The number of hydrogen-bond acceptors (Lipinski definition) is 6. The van der Waals surface area contributed by atoms with E-state index in [0.29, 0.717) is 12.1 Å². The first kappa shape index (κ1) is 29.4. The molecule has 9 heteroatoms. The first-order valence-corrected chi connectivity index (χ1v) is 15.7. The number of carbonyl (C=O) groups is 3. The highest BCUT2D eigenvalue weighted by molar-refractivity contribution is 5.95. The van der Waals surface area contributed by atoms with Crippen molar-refractivity contribution in [1.82, 2.24) is 14.7 Å². The summed E-state index contributed by atoms with van der Waals surface area (Å²) < 4.78 is 0. The summed E-state index contributed by atoms with van der Waals surface area (Å²) in [7, 11) is 2.15. The molecule has 1 amide bonds. The van der Waals surface area contributed by atoms with Gasteiger partial charge in [-0.25, -0.2) is 0 Å². The van der Waals surface area contributed by atoms with Crippen molar-refractivity contribution in [1.29, 1.82) is 5.41 Å². The molecule has 3 N–H and O–H groups in total. The number of nitrogens with zero attached hydrogens (tertiary/aromatic N) is 4. The van der Waals surface area contributed by atoms with E-state index in [1.807, 2.05) is 28.0 Å². The van der Waals surface area contributed by atoms with Gasteiger partial charge in [-0.1, -0.05) is 36.4 Å². The van der Waals surface area contributed by atoms with E-state index in [4.69, 9.17) is 11.1 Å². The summed E-state index contributed by atoms with van der Waals surface area (Å²) in [6.07, 6.45) is 4.54. The minimum atomic E-state index is -0.618. The molecule has 2 aromatic rings. The lowest BCUT2D eigenvalue weighted by molar-refractivity contribution is -0.151. The molecule has 3 heterocycles. The molecule has 2 aromatic carbocycles. The van der Waals surface area contributed by atoms with Crippen LogP contribution in [0.15, 0.2) is 42.5 Å². The van der Waals surface area contributed by atoms with E-state index in [1.165, 1.54) is 18.2 Å². The maximum atomic E-state index is 14.2. The van der Waals surface area contributed by atoms with Crippen LogP contribution in [0.1, 0.15) is 65.7 Å². The number of nitrogens with two attached hydrogens (primary N) is 1. The van der Waals surface area contributed by atoms with Gasteiger partial charge in [0.2, 0.25) is 5.91 Å². The lowest BCUT2D eigenvalue weighted by atomic mass is 9.57. The Hall–Kier alpha value is -3.72. The minimum absolute atomic E-state index is 0.00229. The van der Waals surface area contributed by atoms with Gasteiger partial charge in [0.15, 0.2) is 17.5 Å². The zero-order chi connectivity index (χ0) is 30.3. The second kappa shape index (κ2) is 11.8. The molecule has 3 aliphatic heterocycles. The van der Waals surface area contributed by atoms with Crippen molar-refractivity contribution < 1.29 is 14.4 Å². The van der Waals surface area contributed by atoms with Crippen molar-refractivity contribution in [3.05, 3.63) is 64.7 Å². The molecule has 4 aliphatic rings. The monoisotopic (exact) mass is 584 g/mol. The largest absolute Gasteiger partial charge is 0.370 e. The SMILES string of the molecule is CC(=O)c1ccc(CC(=O)C2c3cccc(N4CCN(C)CC4)c3CCN2C(=O)C2CC3(CCN(C(=N)N)CC3)C2)cc1. The third-order valence-corrected chi connectivity index (χ3v) is 10.4. The zero-order valence-electron chi connectivity index (χ0n) is 25.5. The van der Waals surface area contributed by atoms with Gasteiger partial charge in [0, 0.05) is 69.4 Å². The van der Waals surface area contributed by atoms with Crippen LogP contribution in [0.4, 0.5) is 5.69 Å². The first-order valence-electron chi connectivity index (χ1n) is 15.7. The Kier molecular flexibility index (Phi) is 8.02. The maximum absolute atomic E-state index is 14.2. The van der Waals surface area contributed by atoms with Crippen LogP contribution in [-0.2, 0) is 22.4 Å². The quantitative estimate of drug-likeness (QED) is 0.304. The summed E-state index contributed by atoms with van der Waals surface area (Å²) in [6.45, 7) is 7.51. The number of Topliss-reactive ketones (excluding diaryl/α,β-unsaturated/α-hetero) is 2. The highest BCUT2D eigenvalue weighted by Gasteiger charge is 2.51. The minimum Gasteiger partial charge on any atom is -0.370 e. The number of likely N-dealkylation sites (N-methyl/N-ethyl adjacent to an activating group) is 1. The highest BCUT2D eigenvalue weighted by Crippen LogP contribution is 2.54. The number of rotatable bonds is 6. The summed E-state index contributed by atoms with van der Waals surface area (Å²) in [5, 5.41) is 7.75. The number of piperidine rings is 1. The van der Waals surface area contributed by atoms with Gasteiger partial charge in [-0.15, -0.1) is 0 Å². The molecule has 1 saturated carbocycles. The Balaban J connectivity index is 1.25. The van der Waals surface area contributed by atoms with Crippen molar-refractivity contribution in [2.75, 3.05) is 57.8 Å². The van der Waals surface area contributed by atoms with Crippen molar-refractivity contribution in [2.45, 2.75) is 51.5 Å². The van der Waals surface area contributed by atoms with Gasteiger partial charge in [-0.3, -0.25) is 19.8 Å². The molecule has 0 aromatic heterocycles. The number of piperazine rings is 1. The Labute approximate surface area is 254 Å². The lowest BCUT2D eigenvalue weighted by Gasteiger charge is -2.53. The summed E-state index contributed by atoms with van der Waals surface area (Å²) >= 11 is 0. The van der Waals surface area contributed by atoms with Crippen LogP contribution in [0, 0.1) is 16.7 Å². The van der Waals surface area contributed by atoms with E-state index >= 15 is 0 Å². The van der Waals surface area contributed by atoms with Gasteiger partial charge in [0.05, 0.1) is 0 Å². The molecule has 1 aliphatic carbocycles. The van der Waals surface area contributed by atoms with Crippen molar-refractivity contribution in [3.8, 4) is 0 Å². The second-order valence-electron chi connectivity index (χ2n) is 13.2. The van der Waals surface area contributed by atoms with Crippen LogP contribution >= 0.6 is 0 Å². The Bertz CT molecular complexity index is 1400. The van der Waals surface area contributed by atoms with Gasteiger partial charge in [0.1, 0.15) is 6.04 Å². The van der Waals surface area contributed by atoms with Gasteiger partial charge in [-0.2, -0.15) is 0 Å². The first-order chi connectivity index (χ1) is 20.6. The van der Waals surface area contributed by atoms with Crippen molar-refractivity contribution >= 4 is 29.1 Å². The number of guanidine groups is 1. The van der Waals surface area contributed by atoms with E-state index in [2.05, 4.69) is 29.0 Å². The van der Waals surface area contributed by atoms with E-state index in [-0.39, 0.29) is 41.2 Å². The third kappa shape index (κ3) is 5.79. The van der Waals surface area contributed by atoms with Crippen LogP contribution in [0.2, 0.25) is 0 Å². The Morgan fingerprint density at radius 3 is 2.23 bits per heavy atom. The van der Waals surface area contributed by atoms with Crippen molar-refractivity contribution in [2.24, 2.45) is 17.1 Å². The standard InChI is InChI=1S/C34H44N6O3/c1-23(41)25-8-6-24(7-9-25)20-30(42)31-28-4-3-5-29(38-18-16-37(2)17-19-38)27(28)10-13-40(31)32(43)26-21-34(22-26)11-14-39(15-12-34)33(35)36/h3-9,26,31H,10-22H2,1-2H3,(H3,35,36). The molecule has 3 fully saturated rings. The molecule has 1 unspecified atom stereocenters. The fraction of sp³-hybridized carbons (Fsp3) is 0.529. The number of fused-ring (bicyclic) bond motifs is 1. The summed E-state index contributed by atoms with van der Waals surface area (Å²) in [4.78, 5) is 48.7. The Morgan fingerprint density at radius 2 is 1.60 bits per heavy atom. The third-order valence-electron chi connectivity index (χ3n) is 10.4. The van der Waals surface area contributed by atoms with E-state index < -0.39 is 6.04 Å². The molecule has 1 atom stereocenters. The molecule has 0 bridgehead atoms. The predicted octanol–water partition coefficient (Wildman–Crippen LogP) is 3.26. The number of benzene rings is 2. The fourth-order valence-electron chi connectivity index (χ4n) is 7.76. The lowest BCUT2D eigenvalue weighted by Crippen LogP contribution is -2.55. The van der Waals surface area contributed by atoms with E-state index in [0.717, 1.165) is 82.5 Å². The fourth-order valence-corrected chi connectivity index (χ4v) is 7.76. The van der Waals surface area contributed by atoms with E-state index in [9.17, 15) is 14.4 Å². The zero-order valence-corrected chi connectivity index (χ0v) is 25.5. The van der Waals surface area contributed by atoms with Crippen LogP contribution in [0.25, 0.3) is 0 Å². The molecule has 0 radical (unpaired) electrons. The maximum Gasteiger partial charge on any atom is 0.226 e. The molecule has 1 spiro atoms. The predicted molar refractivity (Wildman–Crippen MR) is 167 cm³/mol. The van der Waals surface area contributed by atoms with Crippen LogP contribution < -0.4 is 10.6 Å². The van der Waals surface area contributed by atoms with Crippen LogP contribution in [0.3, 0.4) is 0 Å². The van der Waals surface area contributed by atoms with Gasteiger partial charge < -0.3 is 25.3 Å². The summed E-state index contributed by atoms with van der Waals surface area (Å²) in [6, 6.07) is 12.9. The molecule has 6 rings (SSSR count). The van der Waals surface area contributed by atoms with Crippen LogP contribution in [0.5, 0.6) is 0 Å². The van der Waals surface area contributed by atoms with Crippen LogP contribution in [-0.4, -0.2) is 91.0 Å². The smallest absolute Gasteiger partial charge is 0.226 e. The number of nitrogens with one attached hydrogen (secondary N) is 1. The highest BCUT2D eigenvalue weighted by atomic mass is 16.2. The average molecular weight is 585 g/mol. The molecule has 2 saturated heterocycles. The number of amides is 1. The van der Waals surface area contributed by atoms with E-state index in [1.54, 1.807) is 12.1 Å². The number of carbonyl (C=O) groups excluding carboxylic acids is 3. The van der Waals surface area contributed by atoms with Gasteiger partial charge in [0.25, 0.3) is 0 Å². The number of hydrogen-bond donors (Lipinski definition) is 2. The van der Waals surface area contributed by atoms with Crippen molar-refractivity contribution in [3.63, 3.8) is 0 Å². The molecular weight excluding hydrogens is 540 g/mol. The molecular formula is C34H44N6O3. The van der Waals surface area contributed by atoms with Gasteiger partial charge in [-0.05, 0) is 74.2 Å². The summed E-state index contributed by atoms with van der Waals surface area (Å²) in [5.41, 5.74) is 10.7. The molecule has 228 valence electrons. The molecule has 9 nitrogen and oxygen atoms in total. The number of anilines is 1. The Morgan fingerprint density at radius 1 is 0.930 bits per heavy atom.